The SMILES string of the molecule is CC(=O)CCSC(=S)NCc1ccccc1. The number of hydrogen-bond donors (Lipinski definition) is 1. The molecule has 0 heterocycles. The number of carbonyl (C=O) groups excluding carboxylic acids is 1. The van der Waals surface area contributed by atoms with Gasteiger partial charge in [-0.25, -0.2) is 0 Å². The Labute approximate surface area is 106 Å². The minimum Gasteiger partial charge on any atom is -0.367 e. The maximum atomic E-state index is 10.7. The van der Waals surface area contributed by atoms with Crippen LogP contribution in [0, 0.1) is 0 Å². The zero-order chi connectivity index (χ0) is 11.8. The summed E-state index contributed by atoms with van der Waals surface area (Å²) in [5.74, 6) is 0.967. The lowest BCUT2D eigenvalue weighted by molar-refractivity contribution is -0.116. The van der Waals surface area contributed by atoms with Gasteiger partial charge in [0.15, 0.2) is 0 Å². The van der Waals surface area contributed by atoms with Crippen molar-refractivity contribution in [3.8, 4) is 0 Å². The molecule has 0 aliphatic carbocycles. The zero-order valence-corrected chi connectivity index (χ0v) is 10.9. The van der Waals surface area contributed by atoms with Gasteiger partial charge in [-0.2, -0.15) is 0 Å². The first-order chi connectivity index (χ1) is 7.68. The molecule has 86 valence electrons. The van der Waals surface area contributed by atoms with E-state index in [1.807, 2.05) is 18.2 Å². The molecule has 16 heavy (non-hydrogen) atoms. The van der Waals surface area contributed by atoms with Crippen LogP contribution in [0.1, 0.15) is 18.9 Å². The number of benzene rings is 1. The van der Waals surface area contributed by atoms with E-state index >= 15 is 0 Å². The van der Waals surface area contributed by atoms with E-state index in [-0.39, 0.29) is 5.78 Å². The third kappa shape index (κ3) is 5.88. The topological polar surface area (TPSA) is 29.1 Å². The van der Waals surface area contributed by atoms with E-state index in [9.17, 15) is 4.79 Å². The smallest absolute Gasteiger partial charge is 0.134 e. The molecule has 0 saturated heterocycles. The van der Waals surface area contributed by atoms with Crippen molar-refractivity contribution < 1.29 is 4.79 Å². The molecule has 1 N–H and O–H groups in total. The molecular formula is C12H15NOS2. The van der Waals surface area contributed by atoms with Crippen LogP contribution in [-0.4, -0.2) is 15.9 Å². The molecule has 0 aliphatic rings. The lowest BCUT2D eigenvalue weighted by Gasteiger charge is -2.06. The van der Waals surface area contributed by atoms with Crippen LogP contribution in [0.2, 0.25) is 0 Å². The van der Waals surface area contributed by atoms with Gasteiger partial charge in [0.25, 0.3) is 0 Å². The van der Waals surface area contributed by atoms with E-state index in [2.05, 4.69) is 17.4 Å². The highest BCUT2D eigenvalue weighted by atomic mass is 32.2. The molecule has 0 fully saturated rings. The van der Waals surface area contributed by atoms with E-state index in [1.165, 1.54) is 17.3 Å². The fourth-order valence-corrected chi connectivity index (χ4v) is 2.18. The lowest BCUT2D eigenvalue weighted by Crippen LogP contribution is -2.18. The van der Waals surface area contributed by atoms with Crippen molar-refractivity contribution in [1.29, 1.82) is 0 Å². The van der Waals surface area contributed by atoms with Crippen LogP contribution in [0.5, 0.6) is 0 Å². The molecule has 0 amide bonds. The number of ketones is 1. The first-order valence-corrected chi connectivity index (χ1v) is 6.52. The molecule has 0 saturated carbocycles. The number of thiocarbonyl (C=S) groups is 1. The van der Waals surface area contributed by atoms with Crippen LogP contribution < -0.4 is 5.32 Å². The van der Waals surface area contributed by atoms with E-state index < -0.39 is 0 Å². The molecule has 1 rings (SSSR count). The third-order valence-corrected chi connectivity index (χ3v) is 3.28. The van der Waals surface area contributed by atoms with E-state index in [0.29, 0.717) is 6.42 Å². The maximum Gasteiger partial charge on any atom is 0.134 e. The van der Waals surface area contributed by atoms with Gasteiger partial charge in [-0.15, -0.1) is 0 Å². The van der Waals surface area contributed by atoms with Gasteiger partial charge in [-0.05, 0) is 12.5 Å². The number of Topliss-reactive ketones (excluding diaryl/α,β-unsaturated/α-hetero) is 1. The van der Waals surface area contributed by atoms with E-state index in [1.54, 1.807) is 6.92 Å². The van der Waals surface area contributed by atoms with Gasteiger partial charge in [0.05, 0.1) is 0 Å². The third-order valence-electron chi connectivity index (χ3n) is 1.97. The second kappa shape index (κ2) is 7.41. The van der Waals surface area contributed by atoms with Gasteiger partial charge in [0.2, 0.25) is 0 Å². The van der Waals surface area contributed by atoms with Crippen molar-refractivity contribution in [3.63, 3.8) is 0 Å². The fourth-order valence-electron chi connectivity index (χ4n) is 1.11. The molecule has 0 aromatic heterocycles. The summed E-state index contributed by atoms with van der Waals surface area (Å²) in [5.41, 5.74) is 1.21. The number of carbonyl (C=O) groups is 1. The molecule has 0 spiro atoms. The second-order valence-electron chi connectivity index (χ2n) is 3.43. The summed E-state index contributed by atoms with van der Waals surface area (Å²) in [6.45, 7) is 2.34. The van der Waals surface area contributed by atoms with Gasteiger partial charge in [0.1, 0.15) is 10.1 Å². The molecule has 4 heteroatoms. The highest BCUT2D eigenvalue weighted by Gasteiger charge is 1.99. The summed E-state index contributed by atoms with van der Waals surface area (Å²) in [7, 11) is 0. The van der Waals surface area contributed by atoms with Gasteiger partial charge in [-0.1, -0.05) is 54.3 Å². The Kier molecular flexibility index (Phi) is 6.11. The highest BCUT2D eigenvalue weighted by molar-refractivity contribution is 8.22. The molecule has 0 atom stereocenters. The predicted octanol–water partition coefficient (Wildman–Crippen LogP) is 2.77. The van der Waals surface area contributed by atoms with Crippen molar-refractivity contribution in [2.24, 2.45) is 0 Å². The number of rotatable bonds is 5. The van der Waals surface area contributed by atoms with Crippen LogP contribution in [0.4, 0.5) is 0 Å². The molecule has 2 nitrogen and oxygen atoms in total. The molecule has 0 bridgehead atoms. The Morgan fingerprint density at radius 2 is 2.06 bits per heavy atom. The molecule has 1 aromatic carbocycles. The Hall–Kier alpha value is -0.870. The summed E-state index contributed by atoms with van der Waals surface area (Å²) in [6, 6.07) is 10.1. The number of thioether (sulfide) groups is 1. The van der Waals surface area contributed by atoms with Crippen molar-refractivity contribution in [2.75, 3.05) is 5.75 Å². The Morgan fingerprint density at radius 1 is 1.38 bits per heavy atom. The largest absolute Gasteiger partial charge is 0.367 e. The van der Waals surface area contributed by atoms with Gasteiger partial charge >= 0.3 is 0 Å². The molecule has 0 unspecified atom stereocenters. The van der Waals surface area contributed by atoms with Gasteiger partial charge in [0, 0.05) is 18.7 Å². The first-order valence-electron chi connectivity index (χ1n) is 5.12. The van der Waals surface area contributed by atoms with Crippen molar-refractivity contribution in [3.05, 3.63) is 35.9 Å². The summed E-state index contributed by atoms with van der Waals surface area (Å²) in [5, 5.41) is 3.16. The van der Waals surface area contributed by atoms with Gasteiger partial charge in [-0.3, -0.25) is 4.79 Å². The first kappa shape index (κ1) is 13.2. The van der Waals surface area contributed by atoms with Crippen molar-refractivity contribution in [1.82, 2.24) is 5.32 Å². The second-order valence-corrected chi connectivity index (χ2v) is 5.20. The Balaban J connectivity index is 2.18. The van der Waals surface area contributed by atoms with Gasteiger partial charge < -0.3 is 5.32 Å². The molecule has 1 aromatic rings. The zero-order valence-electron chi connectivity index (χ0n) is 9.23. The summed E-state index contributed by atoms with van der Waals surface area (Å²) >= 11 is 6.67. The van der Waals surface area contributed by atoms with Crippen molar-refractivity contribution >= 4 is 34.1 Å². The Morgan fingerprint density at radius 3 is 2.69 bits per heavy atom. The van der Waals surface area contributed by atoms with Crippen LogP contribution in [0.15, 0.2) is 30.3 Å². The minimum absolute atomic E-state index is 0.207. The number of hydrogen-bond acceptors (Lipinski definition) is 3. The normalized spacial score (nSPS) is 9.81. The van der Waals surface area contributed by atoms with E-state index in [4.69, 9.17) is 12.2 Å². The summed E-state index contributed by atoms with van der Waals surface area (Å²) in [4.78, 5) is 10.7. The predicted molar refractivity (Wildman–Crippen MR) is 73.6 cm³/mol. The molecule has 0 radical (unpaired) electrons. The van der Waals surface area contributed by atoms with Crippen LogP contribution in [0.25, 0.3) is 0 Å². The maximum absolute atomic E-state index is 10.7. The fraction of sp³-hybridized carbons (Fsp3) is 0.333. The average molecular weight is 253 g/mol. The lowest BCUT2D eigenvalue weighted by atomic mass is 10.2. The molecule has 0 aliphatic heterocycles. The number of nitrogens with one attached hydrogen (secondary N) is 1. The highest BCUT2D eigenvalue weighted by Crippen LogP contribution is 2.06. The van der Waals surface area contributed by atoms with E-state index in [0.717, 1.165) is 16.6 Å². The Bertz CT molecular complexity index is 351. The summed E-state index contributed by atoms with van der Waals surface area (Å²) < 4.78 is 0.755. The average Bonchev–Trinajstić information content (AvgIpc) is 2.27. The quantitative estimate of drug-likeness (QED) is 0.817. The molecular weight excluding hydrogens is 238 g/mol. The van der Waals surface area contributed by atoms with Crippen LogP contribution in [-0.2, 0) is 11.3 Å². The van der Waals surface area contributed by atoms with Crippen molar-refractivity contribution in [2.45, 2.75) is 19.9 Å². The minimum atomic E-state index is 0.207. The van der Waals surface area contributed by atoms with Crippen LogP contribution >= 0.6 is 24.0 Å². The standard InChI is InChI=1S/C12H15NOS2/c1-10(14)7-8-16-12(15)13-9-11-5-3-2-4-6-11/h2-6H,7-9H2,1H3,(H,13,15). The summed E-state index contributed by atoms with van der Waals surface area (Å²) in [6.07, 6.45) is 0.581. The van der Waals surface area contributed by atoms with Crippen LogP contribution in [0.3, 0.4) is 0 Å². The monoisotopic (exact) mass is 253 g/mol.